The van der Waals surface area contributed by atoms with Gasteiger partial charge in [-0.2, -0.15) is 13.2 Å². The summed E-state index contributed by atoms with van der Waals surface area (Å²) in [5.41, 5.74) is 5.70. The lowest BCUT2D eigenvalue weighted by molar-refractivity contribution is -0.140. The predicted octanol–water partition coefficient (Wildman–Crippen LogP) is 7.32. The number of nitrogens with zero attached hydrogens (tertiary/aromatic N) is 4. The molecule has 0 radical (unpaired) electrons. The minimum absolute atomic E-state index is 0.00278. The van der Waals surface area contributed by atoms with Crippen molar-refractivity contribution in [2.75, 3.05) is 0 Å². The van der Waals surface area contributed by atoms with E-state index in [1.165, 1.54) is 10.1 Å². The number of aromatic amines is 1. The van der Waals surface area contributed by atoms with Gasteiger partial charge in [-0.15, -0.1) is 0 Å². The Morgan fingerprint density at radius 3 is 2.31 bits per heavy atom. The van der Waals surface area contributed by atoms with E-state index in [0.717, 1.165) is 33.9 Å². The molecule has 0 amide bonds. The monoisotopic (exact) mass is 489 g/mol. The Balaban J connectivity index is 1.48. The van der Waals surface area contributed by atoms with Crippen molar-refractivity contribution in [1.82, 2.24) is 24.5 Å². The van der Waals surface area contributed by atoms with Crippen LogP contribution >= 0.6 is 0 Å². The molecule has 5 nitrogen and oxygen atoms in total. The van der Waals surface area contributed by atoms with Crippen LogP contribution in [0.5, 0.6) is 0 Å². The van der Waals surface area contributed by atoms with Crippen LogP contribution in [0.25, 0.3) is 33.8 Å². The number of nitrogens with one attached hydrogen (secondary N) is 1. The van der Waals surface area contributed by atoms with Crippen LogP contribution < -0.4 is 0 Å². The third kappa shape index (κ3) is 4.27. The number of halogens is 3. The summed E-state index contributed by atoms with van der Waals surface area (Å²) < 4.78 is 40.6. The SMILES string of the molecule is CC(C)c1ccccc1-c1ncc2[nH]cc(C(C)c3ccc(-c4nc(C(F)(F)F)cn4C)cc3)c2n1. The van der Waals surface area contributed by atoms with Crippen molar-refractivity contribution in [3.63, 3.8) is 0 Å². The summed E-state index contributed by atoms with van der Waals surface area (Å²) >= 11 is 0. The number of fused-ring (bicyclic) bond motifs is 1. The molecule has 3 heterocycles. The lowest BCUT2D eigenvalue weighted by atomic mass is 9.93. The number of H-pyrrole nitrogens is 1. The number of aryl methyl sites for hydroxylation is 1. The minimum Gasteiger partial charge on any atom is -0.358 e. The normalized spacial score (nSPS) is 13.0. The topological polar surface area (TPSA) is 59.4 Å². The molecule has 5 rings (SSSR count). The van der Waals surface area contributed by atoms with Crippen LogP contribution in [0.1, 0.15) is 55.0 Å². The summed E-state index contributed by atoms with van der Waals surface area (Å²) in [7, 11) is 1.56. The first-order chi connectivity index (χ1) is 17.1. The van der Waals surface area contributed by atoms with Gasteiger partial charge in [-0.3, -0.25) is 0 Å². The maximum Gasteiger partial charge on any atom is 0.434 e. The highest BCUT2D eigenvalue weighted by Gasteiger charge is 2.34. The summed E-state index contributed by atoms with van der Waals surface area (Å²) in [4.78, 5) is 16.6. The number of aromatic nitrogens is 5. The molecule has 5 aromatic rings. The summed E-state index contributed by atoms with van der Waals surface area (Å²) in [6.07, 6.45) is 0.292. The van der Waals surface area contributed by atoms with Crippen LogP contribution in [-0.2, 0) is 13.2 Å². The number of benzene rings is 2. The van der Waals surface area contributed by atoms with E-state index in [2.05, 4.69) is 41.8 Å². The second-order valence-electron chi connectivity index (χ2n) is 9.34. The summed E-state index contributed by atoms with van der Waals surface area (Å²) in [6, 6.07) is 15.6. The Hall–Kier alpha value is -3.94. The quantitative estimate of drug-likeness (QED) is 0.281. The lowest BCUT2D eigenvalue weighted by Gasteiger charge is -2.13. The minimum atomic E-state index is -4.48. The lowest BCUT2D eigenvalue weighted by Crippen LogP contribution is -2.04. The van der Waals surface area contributed by atoms with Crippen molar-refractivity contribution >= 4 is 11.0 Å². The summed E-state index contributed by atoms with van der Waals surface area (Å²) in [6.45, 7) is 6.39. The van der Waals surface area contributed by atoms with Gasteiger partial charge in [0.15, 0.2) is 11.5 Å². The first-order valence-electron chi connectivity index (χ1n) is 11.8. The van der Waals surface area contributed by atoms with Crippen LogP contribution in [0.2, 0.25) is 0 Å². The van der Waals surface area contributed by atoms with Gasteiger partial charge in [0.25, 0.3) is 0 Å². The first kappa shape index (κ1) is 23.8. The van der Waals surface area contributed by atoms with E-state index < -0.39 is 11.9 Å². The van der Waals surface area contributed by atoms with Crippen molar-refractivity contribution in [3.05, 3.63) is 89.5 Å². The molecule has 1 N–H and O–H groups in total. The predicted molar refractivity (Wildman–Crippen MR) is 135 cm³/mol. The second kappa shape index (κ2) is 8.93. The zero-order valence-electron chi connectivity index (χ0n) is 20.4. The highest BCUT2D eigenvalue weighted by Crippen LogP contribution is 2.34. The standard InChI is InChI=1S/C28H26F3N5/c1-16(2)20-7-5-6-8-21(20)26-33-14-23-25(35-26)22(13-32-23)17(3)18-9-11-19(12-10-18)27-34-24(15-36(27)4)28(29,30)31/h5-17,32H,1-4H3. The fraction of sp³-hybridized carbons (Fsp3) is 0.250. The van der Waals surface area contributed by atoms with Crippen molar-refractivity contribution in [2.24, 2.45) is 7.05 Å². The van der Waals surface area contributed by atoms with Gasteiger partial charge in [0, 0.05) is 42.0 Å². The molecule has 0 fully saturated rings. The Bertz CT molecular complexity index is 1530. The van der Waals surface area contributed by atoms with E-state index in [-0.39, 0.29) is 11.7 Å². The number of hydrogen-bond acceptors (Lipinski definition) is 3. The zero-order chi connectivity index (χ0) is 25.6. The van der Waals surface area contributed by atoms with E-state index in [1.807, 2.05) is 54.9 Å². The highest BCUT2D eigenvalue weighted by molar-refractivity contribution is 5.81. The van der Waals surface area contributed by atoms with Gasteiger partial charge in [0.05, 0.1) is 17.2 Å². The molecular weight excluding hydrogens is 463 g/mol. The van der Waals surface area contributed by atoms with Crippen molar-refractivity contribution in [3.8, 4) is 22.8 Å². The van der Waals surface area contributed by atoms with Gasteiger partial charge in [0.1, 0.15) is 5.82 Å². The van der Waals surface area contributed by atoms with Crippen molar-refractivity contribution in [2.45, 2.75) is 38.8 Å². The van der Waals surface area contributed by atoms with Gasteiger partial charge in [-0.1, -0.05) is 69.3 Å². The molecule has 0 aliphatic rings. The Kier molecular flexibility index (Phi) is 5.90. The molecule has 1 unspecified atom stereocenters. The number of hydrogen-bond donors (Lipinski definition) is 1. The van der Waals surface area contributed by atoms with Gasteiger partial charge in [-0.05, 0) is 17.0 Å². The highest BCUT2D eigenvalue weighted by atomic mass is 19.4. The Morgan fingerprint density at radius 2 is 1.64 bits per heavy atom. The third-order valence-electron chi connectivity index (χ3n) is 6.57. The molecule has 0 saturated heterocycles. The largest absolute Gasteiger partial charge is 0.434 e. The fourth-order valence-corrected chi connectivity index (χ4v) is 4.57. The van der Waals surface area contributed by atoms with E-state index >= 15 is 0 Å². The first-order valence-corrected chi connectivity index (χ1v) is 11.8. The Labute approximate surface area is 207 Å². The summed E-state index contributed by atoms with van der Waals surface area (Å²) in [5.74, 6) is 1.30. The van der Waals surface area contributed by atoms with Gasteiger partial charge in [-0.25, -0.2) is 15.0 Å². The molecule has 36 heavy (non-hydrogen) atoms. The maximum absolute atomic E-state index is 13.1. The van der Waals surface area contributed by atoms with Crippen LogP contribution in [0, 0.1) is 0 Å². The van der Waals surface area contributed by atoms with E-state index in [9.17, 15) is 13.2 Å². The fourth-order valence-electron chi connectivity index (χ4n) is 4.57. The molecule has 1 atom stereocenters. The number of rotatable bonds is 5. The smallest absolute Gasteiger partial charge is 0.358 e. The maximum atomic E-state index is 13.1. The molecule has 2 aromatic carbocycles. The van der Waals surface area contributed by atoms with Gasteiger partial charge < -0.3 is 9.55 Å². The molecule has 3 aromatic heterocycles. The molecule has 0 saturated carbocycles. The Morgan fingerprint density at radius 1 is 0.917 bits per heavy atom. The number of imidazole rings is 1. The van der Waals surface area contributed by atoms with Gasteiger partial charge >= 0.3 is 6.18 Å². The molecule has 0 bridgehead atoms. The van der Waals surface area contributed by atoms with Crippen molar-refractivity contribution in [1.29, 1.82) is 0 Å². The van der Waals surface area contributed by atoms with Crippen LogP contribution in [-0.4, -0.2) is 24.5 Å². The van der Waals surface area contributed by atoms with Crippen LogP contribution in [0.4, 0.5) is 13.2 Å². The average molecular weight is 490 g/mol. The molecule has 8 heteroatoms. The van der Waals surface area contributed by atoms with Crippen LogP contribution in [0.15, 0.2) is 67.1 Å². The zero-order valence-corrected chi connectivity index (χ0v) is 20.4. The molecule has 184 valence electrons. The molecule has 0 spiro atoms. The third-order valence-corrected chi connectivity index (χ3v) is 6.57. The van der Waals surface area contributed by atoms with Gasteiger partial charge in [0.2, 0.25) is 0 Å². The second-order valence-corrected chi connectivity index (χ2v) is 9.34. The van der Waals surface area contributed by atoms with Crippen molar-refractivity contribution < 1.29 is 13.2 Å². The number of alkyl halides is 3. The summed E-state index contributed by atoms with van der Waals surface area (Å²) in [5, 5.41) is 0. The molecule has 0 aliphatic carbocycles. The van der Waals surface area contributed by atoms with E-state index in [0.29, 0.717) is 17.3 Å². The molecular formula is C28H26F3N5. The van der Waals surface area contributed by atoms with E-state index in [4.69, 9.17) is 4.98 Å². The van der Waals surface area contributed by atoms with Crippen LogP contribution in [0.3, 0.4) is 0 Å². The van der Waals surface area contributed by atoms with E-state index in [1.54, 1.807) is 7.05 Å². The average Bonchev–Trinajstić information content (AvgIpc) is 3.47. The molecule has 0 aliphatic heterocycles.